The zero-order valence-corrected chi connectivity index (χ0v) is 14.3. The molecule has 2 rings (SSSR count). The molecule has 5 heteroatoms. The molecule has 108 valence electrons. The molecule has 1 aromatic rings. The van der Waals surface area contributed by atoms with Crippen molar-refractivity contribution in [1.82, 2.24) is 15.1 Å². The minimum atomic E-state index is 0.396. The SMILES string of the molecule is CCCNC(CSC1CCCC1)c1c(Br)cnn1C. The maximum Gasteiger partial charge on any atom is 0.0700 e. The Hall–Kier alpha value is 0. The smallest absolute Gasteiger partial charge is 0.0700 e. The van der Waals surface area contributed by atoms with Crippen molar-refractivity contribution >= 4 is 27.7 Å². The zero-order chi connectivity index (χ0) is 13.7. The number of nitrogens with one attached hydrogen (secondary N) is 1. The van der Waals surface area contributed by atoms with Gasteiger partial charge in [0.2, 0.25) is 0 Å². The maximum atomic E-state index is 4.35. The van der Waals surface area contributed by atoms with Crippen LogP contribution in [0.15, 0.2) is 10.7 Å². The number of halogens is 1. The van der Waals surface area contributed by atoms with Crippen LogP contribution in [0, 0.1) is 0 Å². The van der Waals surface area contributed by atoms with E-state index in [9.17, 15) is 0 Å². The molecule has 0 saturated heterocycles. The van der Waals surface area contributed by atoms with E-state index in [-0.39, 0.29) is 0 Å². The summed E-state index contributed by atoms with van der Waals surface area (Å²) < 4.78 is 3.11. The van der Waals surface area contributed by atoms with Crippen LogP contribution in [-0.2, 0) is 7.05 Å². The zero-order valence-electron chi connectivity index (χ0n) is 11.9. The van der Waals surface area contributed by atoms with E-state index in [4.69, 9.17) is 0 Å². The van der Waals surface area contributed by atoms with Crippen molar-refractivity contribution < 1.29 is 0 Å². The van der Waals surface area contributed by atoms with Crippen molar-refractivity contribution in [3.05, 3.63) is 16.4 Å². The summed E-state index contributed by atoms with van der Waals surface area (Å²) in [6.45, 7) is 3.28. The van der Waals surface area contributed by atoms with Crippen molar-refractivity contribution in [3.63, 3.8) is 0 Å². The van der Waals surface area contributed by atoms with Gasteiger partial charge in [-0.15, -0.1) is 0 Å². The Morgan fingerprint density at radius 2 is 2.26 bits per heavy atom. The van der Waals surface area contributed by atoms with Crippen molar-refractivity contribution in [2.24, 2.45) is 7.05 Å². The summed E-state index contributed by atoms with van der Waals surface area (Å²) in [5.41, 5.74) is 1.28. The molecule has 1 atom stereocenters. The van der Waals surface area contributed by atoms with Gasteiger partial charge in [-0.05, 0) is 41.7 Å². The van der Waals surface area contributed by atoms with Crippen molar-refractivity contribution in [1.29, 1.82) is 0 Å². The van der Waals surface area contributed by atoms with E-state index in [1.807, 2.05) is 17.9 Å². The van der Waals surface area contributed by atoms with Crippen LogP contribution in [0.2, 0.25) is 0 Å². The monoisotopic (exact) mass is 345 g/mol. The van der Waals surface area contributed by atoms with Gasteiger partial charge < -0.3 is 5.32 Å². The normalized spacial score (nSPS) is 18.1. The van der Waals surface area contributed by atoms with Gasteiger partial charge in [-0.25, -0.2) is 0 Å². The molecule has 0 radical (unpaired) electrons. The number of aromatic nitrogens is 2. The summed E-state index contributed by atoms with van der Waals surface area (Å²) in [5.74, 6) is 1.14. The Kier molecular flexibility index (Phi) is 6.23. The van der Waals surface area contributed by atoms with E-state index in [2.05, 4.69) is 45.0 Å². The third-order valence-corrected chi connectivity index (χ3v) is 5.79. The average molecular weight is 346 g/mol. The van der Waals surface area contributed by atoms with E-state index >= 15 is 0 Å². The highest BCUT2D eigenvalue weighted by molar-refractivity contribution is 9.10. The van der Waals surface area contributed by atoms with Crippen LogP contribution in [0.4, 0.5) is 0 Å². The number of hydrogen-bond donors (Lipinski definition) is 1. The predicted octanol–water partition coefficient (Wildman–Crippen LogP) is 3.90. The molecule has 0 bridgehead atoms. The van der Waals surface area contributed by atoms with Gasteiger partial charge in [0.05, 0.1) is 22.4 Å². The maximum absolute atomic E-state index is 4.35. The molecule has 0 aromatic carbocycles. The summed E-state index contributed by atoms with van der Waals surface area (Å²) in [5, 5.41) is 8.88. The first-order valence-electron chi connectivity index (χ1n) is 7.24. The summed E-state index contributed by atoms with van der Waals surface area (Å²) in [6, 6.07) is 0.396. The number of hydrogen-bond acceptors (Lipinski definition) is 3. The molecule has 1 aliphatic rings. The molecule has 1 unspecified atom stereocenters. The van der Waals surface area contributed by atoms with E-state index < -0.39 is 0 Å². The lowest BCUT2D eigenvalue weighted by molar-refractivity contribution is 0.532. The first-order chi connectivity index (χ1) is 9.22. The van der Waals surface area contributed by atoms with Crippen LogP contribution in [-0.4, -0.2) is 27.3 Å². The second kappa shape index (κ2) is 7.70. The lowest BCUT2D eigenvalue weighted by Gasteiger charge is -2.21. The lowest BCUT2D eigenvalue weighted by Crippen LogP contribution is -2.27. The number of aryl methyl sites for hydroxylation is 1. The minimum Gasteiger partial charge on any atom is -0.308 e. The molecule has 1 heterocycles. The van der Waals surface area contributed by atoms with Gasteiger partial charge in [0.15, 0.2) is 0 Å². The fraction of sp³-hybridized carbons (Fsp3) is 0.786. The highest BCUT2D eigenvalue weighted by atomic mass is 79.9. The molecule has 0 amide bonds. The second-order valence-electron chi connectivity index (χ2n) is 5.25. The summed E-state index contributed by atoms with van der Waals surface area (Å²) in [4.78, 5) is 0. The van der Waals surface area contributed by atoms with E-state index in [0.29, 0.717) is 6.04 Å². The molecule has 1 N–H and O–H groups in total. The van der Waals surface area contributed by atoms with Gasteiger partial charge in [-0.2, -0.15) is 16.9 Å². The molecule has 19 heavy (non-hydrogen) atoms. The minimum absolute atomic E-state index is 0.396. The molecule has 1 saturated carbocycles. The van der Waals surface area contributed by atoms with Crippen LogP contribution in [0.5, 0.6) is 0 Å². The molecule has 1 aromatic heterocycles. The molecule has 1 fully saturated rings. The Labute approximate surface area is 129 Å². The number of nitrogens with zero attached hydrogens (tertiary/aromatic N) is 2. The third-order valence-electron chi connectivity index (χ3n) is 3.71. The largest absolute Gasteiger partial charge is 0.308 e. The van der Waals surface area contributed by atoms with E-state index in [0.717, 1.165) is 22.0 Å². The van der Waals surface area contributed by atoms with Gasteiger partial charge in [0.25, 0.3) is 0 Å². The Bertz CT molecular complexity index is 369. The molecule has 0 aliphatic heterocycles. The van der Waals surface area contributed by atoms with Crippen LogP contribution in [0.1, 0.15) is 50.8 Å². The summed E-state index contributed by atoms with van der Waals surface area (Å²) in [6.07, 6.45) is 8.70. The van der Waals surface area contributed by atoms with Crippen molar-refractivity contribution in [3.8, 4) is 0 Å². The Morgan fingerprint density at radius 1 is 1.53 bits per heavy atom. The molecule has 0 spiro atoms. The van der Waals surface area contributed by atoms with E-state index in [1.165, 1.54) is 37.8 Å². The van der Waals surface area contributed by atoms with Gasteiger partial charge in [-0.3, -0.25) is 4.68 Å². The first-order valence-corrected chi connectivity index (χ1v) is 9.09. The van der Waals surface area contributed by atoms with Gasteiger partial charge in [0.1, 0.15) is 0 Å². The fourth-order valence-electron chi connectivity index (χ4n) is 2.65. The van der Waals surface area contributed by atoms with E-state index in [1.54, 1.807) is 0 Å². The Balaban J connectivity index is 1.98. The lowest BCUT2D eigenvalue weighted by atomic mass is 10.2. The predicted molar refractivity (Wildman–Crippen MR) is 86.7 cm³/mol. The average Bonchev–Trinajstić information content (AvgIpc) is 3.02. The van der Waals surface area contributed by atoms with Gasteiger partial charge >= 0.3 is 0 Å². The Morgan fingerprint density at radius 3 is 2.84 bits per heavy atom. The molecule has 1 aliphatic carbocycles. The quantitative estimate of drug-likeness (QED) is 0.812. The van der Waals surface area contributed by atoms with Crippen LogP contribution in [0.3, 0.4) is 0 Å². The fourth-order valence-corrected chi connectivity index (χ4v) is 4.68. The number of thioether (sulfide) groups is 1. The highest BCUT2D eigenvalue weighted by Gasteiger charge is 2.22. The molecule has 3 nitrogen and oxygen atoms in total. The topological polar surface area (TPSA) is 29.9 Å². The first kappa shape index (κ1) is 15.4. The highest BCUT2D eigenvalue weighted by Crippen LogP contribution is 2.33. The third kappa shape index (κ3) is 4.23. The van der Waals surface area contributed by atoms with Crippen LogP contribution < -0.4 is 5.32 Å². The van der Waals surface area contributed by atoms with Crippen LogP contribution >= 0.6 is 27.7 Å². The number of rotatable bonds is 7. The molecular weight excluding hydrogens is 322 g/mol. The standard InChI is InChI=1S/C14H24BrN3S/c1-3-8-16-13(10-19-11-6-4-5-7-11)14-12(15)9-17-18(14)2/h9,11,13,16H,3-8,10H2,1-2H3. The molecular formula is C14H24BrN3S. The van der Waals surface area contributed by atoms with Crippen molar-refractivity contribution in [2.75, 3.05) is 12.3 Å². The van der Waals surface area contributed by atoms with Crippen molar-refractivity contribution in [2.45, 2.75) is 50.3 Å². The summed E-state index contributed by atoms with van der Waals surface area (Å²) >= 11 is 5.76. The van der Waals surface area contributed by atoms with Gasteiger partial charge in [0, 0.05) is 18.1 Å². The van der Waals surface area contributed by atoms with Crippen LogP contribution in [0.25, 0.3) is 0 Å². The summed E-state index contributed by atoms with van der Waals surface area (Å²) in [7, 11) is 2.03. The van der Waals surface area contributed by atoms with Gasteiger partial charge in [-0.1, -0.05) is 19.8 Å². The second-order valence-corrected chi connectivity index (χ2v) is 7.44.